The zero-order valence-electron chi connectivity index (χ0n) is 15.0. The highest BCUT2D eigenvalue weighted by Gasteiger charge is 2.17. The molecule has 1 amide bonds. The number of hydrogen-bond acceptors (Lipinski definition) is 4. The standard InChI is InChI=1S/C20H18N4O3/c1-23-16(19(25)21-12-13-6-8-14(27-2)9-7-13)11-15-18(23)22-17-5-3-4-10-24(17)20(15)26/h3-11H,12H2,1-2H3,(H,21,25). The maximum atomic E-state index is 12.7. The maximum Gasteiger partial charge on any atom is 0.268 e. The number of amides is 1. The molecule has 7 nitrogen and oxygen atoms in total. The summed E-state index contributed by atoms with van der Waals surface area (Å²) in [7, 11) is 3.34. The van der Waals surface area contributed by atoms with Crippen LogP contribution < -0.4 is 15.6 Å². The third-order valence-electron chi connectivity index (χ3n) is 4.55. The molecule has 4 rings (SSSR count). The van der Waals surface area contributed by atoms with Gasteiger partial charge in [0.25, 0.3) is 11.5 Å². The van der Waals surface area contributed by atoms with E-state index in [0.717, 1.165) is 11.3 Å². The summed E-state index contributed by atoms with van der Waals surface area (Å²) in [6.07, 6.45) is 1.67. The lowest BCUT2D eigenvalue weighted by Gasteiger charge is -2.07. The first kappa shape index (κ1) is 16.8. The SMILES string of the molecule is COc1ccc(CNC(=O)c2cc3c(=O)n4ccccc4nc3n2C)cc1. The van der Waals surface area contributed by atoms with Crippen molar-refractivity contribution in [3.63, 3.8) is 0 Å². The molecular formula is C20H18N4O3. The highest BCUT2D eigenvalue weighted by molar-refractivity contribution is 5.98. The Morgan fingerprint density at radius 2 is 1.96 bits per heavy atom. The minimum absolute atomic E-state index is 0.194. The summed E-state index contributed by atoms with van der Waals surface area (Å²) in [5.74, 6) is 0.497. The number of aromatic nitrogens is 3. The lowest BCUT2D eigenvalue weighted by molar-refractivity contribution is 0.0943. The van der Waals surface area contributed by atoms with E-state index < -0.39 is 0 Å². The van der Waals surface area contributed by atoms with Crippen LogP contribution in [0.5, 0.6) is 5.75 Å². The van der Waals surface area contributed by atoms with Crippen LogP contribution in [-0.4, -0.2) is 27.0 Å². The summed E-state index contributed by atoms with van der Waals surface area (Å²) in [6.45, 7) is 0.374. The molecule has 0 atom stereocenters. The Balaban J connectivity index is 1.65. The second-order valence-electron chi connectivity index (χ2n) is 6.20. The number of nitrogens with one attached hydrogen (secondary N) is 1. The third-order valence-corrected chi connectivity index (χ3v) is 4.55. The van der Waals surface area contributed by atoms with Crippen LogP contribution in [0.1, 0.15) is 16.1 Å². The highest BCUT2D eigenvalue weighted by atomic mass is 16.5. The van der Waals surface area contributed by atoms with Gasteiger partial charge >= 0.3 is 0 Å². The second kappa shape index (κ2) is 6.60. The number of carbonyl (C=O) groups is 1. The number of benzene rings is 1. The number of pyridine rings is 1. The Kier molecular flexibility index (Phi) is 4.12. The quantitative estimate of drug-likeness (QED) is 0.603. The Morgan fingerprint density at radius 1 is 1.19 bits per heavy atom. The van der Waals surface area contributed by atoms with E-state index in [-0.39, 0.29) is 11.5 Å². The molecule has 7 heteroatoms. The lowest BCUT2D eigenvalue weighted by atomic mass is 10.2. The van der Waals surface area contributed by atoms with Crippen molar-refractivity contribution in [3.8, 4) is 5.75 Å². The Hall–Kier alpha value is -3.61. The van der Waals surface area contributed by atoms with Gasteiger partial charge in [-0.05, 0) is 35.9 Å². The first-order valence-electron chi connectivity index (χ1n) is 8.46. The number of nitrogens with zero attached hydrogens (tertiary/aromatic N) is 3. The highest BCUT2D eigenvalue weighted by Crippen LogP contribution is 2.15. The molecule has 0 fully saturated rings. The van der Waals surface area contributed by atoms with E-state index in [0.29, 0.717) is 28.9 Å². The van der Waals surface area contributed by atoms with Crippen molar-refractivity contribution < 1.29 is 9.53 Å². The number of rotatable bonds is 4. The summed E-state index contributed by atoms with van der Waals surface area (Å²) in [4.78, 5) is 29.8. The van der Waals surface area contributed by atoms with Crippen molar-refractivity contribution in [3.05, 3.63) is 76.3 Å². The molecule has 0 bridgehead atoms. The smallest absolute Gasteiger partial charge is 0.268 e. The Labute approximate surface area is 154 Å². The second-order valence-corrected chi connectivity index (χ2v) is 6.20. The van der Waals surface area contributed by atoms with Crippen LogP contribution in [0.4, 0.5) is 0 Å². The van der Waals surface area contributed by atoms with Gasteiger partial charge in [0, 0.05) is 19.8 Å². The van der Waals surface area contributed by atoms with Gasteiger partial charge in [-0.25, -0.2) is 4.98 Å². The van der Waals surface area contributed by atoms with Gasteiger partial charge in [0.2, 0.25) is 0 Å². The van der Waals surface area contributed by atoms with Crippen LogP contribution >= 0.6 is 0 Å². The predicted octanol–water partition coefficient (Wildman–Crippen LogP) is 2.12. The normalized spacial score (nSPS) is 11.0. The van der Waals surface area contributed by atoms with Crippen LogP contribution in [0.2, 0.25) is 0 Å². The molecule has 4 aromatic rings. The van der Waals surface area contributed by atoms with Crippen molar-refractivity contribution in [2.75, 3.05) is 7.11 Å². The zero-order chi connectivity index (χ0) is 19.0. The monoisotopic (exact) mass is 362 g/mol. The summed E-state index contributed by atoms with van der Waals surface area (Å²) in [6, 6.07) is 14.4. The van der Waals surface area contributed by atoms with Crippen molar-refractivity contribution >= 4 is 22.6 Å². The number of ether oxygens (including phenoxy) is 1. The number of fused-ring (bicyclic) bond motifs is 2. The van der Waals surface area contributed by atoms with Gasteiger partial charge in [-0.2, -0.15) is 0 Å². The first-order chi connectivity index (χ1) is 13.1. The Morgan fingerprint density at radius 3 is 2.70 bits per heavy atom. The molecule has 3 heterocycles. The summed E-state index contributed by atoms with van der Waals surface area (Å²) >= 11 is 0. The van der Waals surface area contributed by atoms with E-state index >= 15 is 0 Å². The summed E-state index contributed by atoms with van der Waals surface area (Å²) in [5, 5.41) is 3.29. The van der Waals surface area contributed by atoms with E-state index in [9.17, 15) is 9.59 Å². The number of carbonyl (C=O) groups excluding carboxylic acids is 1. The number of methoxy groups -OCH3 is 1. The largest absolute Gasteiger partial charge is 0.497 e. The van der Waals surface area contributed by atoms with Gasteiger partial charge in [0.15, 0.2) is 0 Å². The fourth-order valence-corrected chi connectivity index (χ4v) is 3.05. The zero-order valence-corrected chi connectivity index (χ0v) is 15.0. The van der Waals surface area contributed by atoms with Crippen molar-refractivity contribution in [1.82, 2.24) is 19.3 Å². The molecule has 0 aliphatic heterocycles. The van der Waals surface area contributed by atoms with E-state index in [1.54, 1.807) is 43.1 Å². The molecule has 1 N–H and O–H groups in total. The summed E-state index contributed by atoms with van der Waals surface area (Å²) in [5.41, 5.74) is 2.17. The molecule has 0 spiro atoms. The van der Waals surface area contributed by atoms with Crippen LogP contribution in [0.15, 0.2) is 59.5 Å². The van der Waals surface area contributed by atoms with E-state index in [2.05, 4.69) is 10.3 Å². The van der Waals surface area contributed by atoms with Crippen LogP contribution in [0.25, 0.3) is 16.7 Å². The van der Waals surface area contributed by atoms with Gasteiger partial charge in [-0.1, -0.05) is 18.2 Å². The van der Waals surface area contributed by atoms with Crippen molar-refractivity contribution in [2.24, 2.45) is 7.05 Å². The van der Waals surface area contributed by atoms with E-state index in [1.807, 2.05) is 30.3 Å². The molecule has 0 aliphatic carbocycles. The van der Waals surface area contributed by atoms with Gasteiger partial charge < -0.3 is 14.6 Å². The van der Waals surface area contributed by atoms with Crippen LogP contribution in [-0.2, 0) is 13.6 Å². The minimum atomic E-state index is -0.264. The first-order valence-corrected chi connectivity index (χ1v) is 8.46. The molecule has 0 unspecified atom stereocenters. The predicted molar refractivity (Wildman–Crippen MR) is 102 cm³/mol. The average Bonchev–Trinajstić information content (AvgIpc) is 3.04. The van der Waals surface area contributed by atoms with Crippen LogP contribution in [0.3, 0.4) is 0 Å². The maximum absolute atomic E-state index is 12.7. The molecule has 27 heavy (non-hydrogen) atoms. The van der Waals surface area contributed by atoms with Crippen molar-refractivity contribution in [1.29, 1.82) is 0 Å². The number of hydrogen-bond donors (Lipinski definition) is 1. The van der Waals surface area contributed by atoms with Gasteiger partial charge in [-0.3, -0.25) is 14.0 Å². The fourth-order valence-electron chi connectivity index (χ4n) is 3.05. The summed E-state index contributed by atoms with van der Waals surface area (Å²) < 4.78 is 8.25. The fraction of sp³-hybridized carbons (Fsp3) is 0.150. The topological polar surface area (TPSA) is 77.6 Å². The molecule has 3 aromatic heterocycles. The van der Waals surface area contributed by atoms with Crippen molar-refractivity contribution in [2.45, 2.75) is 6.54 Å². The van der Waals surface area contributed by atoms with Gasteiger partial charge in [0.1, 0.15) is 22.7 Å². The molecule has 1 aromatic carbocycles. The van der Waals surface area contributed by atoms with E-state index in [4.69, 9.17) is 4.74 Å². The average molecular weight is 362 g/mol. The molecule has 0 aliphatic rings. The van der Waals surface area contributed by atoms with Gasteiger partial charge in [-0.15, -0.1) is 0 Å². The van der Waals surface area contributed by atoms with Crippen LogP contribution in [0, 0.1) is 0 Å². The van der Waals surface area contributed by atoms with Gasteiger partial charge in [0.05, 0.1) is 12.5 Å². The Bertz CT molecular complexity index is 1210. The molecule has 136 valence electrons. The molecule has 0 radical (unpaired) electrons. The molecule has 0 saturated carbocycles. The molecular weight excluding hydrogens is 344 g/mol. The molecule has 0 saturated heterocycles. The van der Waals surface area contributed by atoms with E-state index in [1.165, 1.54) is 4.40 Å². The lowest BCUT2D eigenvalue weighted by Crippen LogP contribution is -2.24. The third kappa shape index (κ3) is 2.93. The number of aryl methyl sites for hydroxylation is 1. The minimum Gasteiger partial charge on any atom is -0.497 e.